The summed E-state index contributed by atoms with van der Waals surface area (Å²) in [4.78, 5) is 11.4. The Morgan fingerprint density at radius 3 is 2.71 bits per heavy atom. The lowest BCUT2D eigenvalue weighted by Crippen LogP contribution is -1.95. The molecule has 2 N–H and O–H groups in total. The molecule has 2 rings (SSSR count). The minimum Gasteiger partial charge on any atom is -0.490 e. The summed E-state index contributed by atoms with van der Waals surface area (Å²) in [6.45, 7) is 0. The van der Waals surface area contributed by atoms with Crippen LogP contribution in [0.1, 0.15) is 5.56 Å². The van der Waals surface area contributed by atoms with E-state index in [0.29, 0.717) is 16.5 Å². The molecule has 7 heteroatoms. The van der Waals surface area contributed by atoms with Gasteiger partial charge in [-0.05, 0) is 29.8 Å². The number of methoxy groups -OCH3 is 1. The number of rotatable bonds is 5. The van der Waals surface area contributed by atoms with Crippen LogP contribution >= 0.6 is 23.4 Å². The number of nitro benzene ring substituents is 1. The van der Waals surface area contributed by atoms with Gasteiger partial charge in [-0.2, -0.15) is 0 Å². The number of nitro groups is 1. The lowest BCUT2D eigenvalue weighted by molar-refractivity contribution is -0.385. The molecule has 0 unspecified atom stereocenters. The summed E-state index contributed by atoms with van der Waals surface area (Å²) in [6, 6.07) is 10.2. The SMILES string of the molecule is COc1ccc(CSc2ccc(Cl)cc2N)cc1[N+](=O)[O-]. The molecule has 2 aromatic rings. The van der Waals surface area contributed by atoms with Crippen molar-refractivity contribution in [1.82, 2.24) is 0 Å². The van der Waals surface area contributed by atoms with Gasteiger partial charge in [0.25, 0.3) is 0 Å². The summed E-state index contributed by atoms with van der Waals surface area (Å²) in [5, 5.41) is 11.6. The van der Waals surface area contributed by atoms with Crippen LogP contribution < -0.4 is 10.5 Å². The van der Waals surface area contributed by atoms with E-state index in [0.717, 1.165) is 10.5 Å². The van der Waals surface area contributed by atoms with Gasteiger partial charge in [0.2, 0.25) is 0 Å². The zero-order valence-corrected chi connectivity index (χ0v) is 12.8. The third-order valence-electron chi connectivity index (χ3n) is 2.81. The van der Waals surface area contributed by atoms with Crippen LogP contribution in [0.4, 0.5) is 11.4 Å². The van der Waals surface area contributed by atoms with E-state index in [2.05, 4.69) is 0 Å². The fourth-order valence-corrected chi connectivity index (χ4v) is 2.85. The Morgan fingerprint density at radius 1 is 1.33 bits per heavy atom. The number of thioether (sulfide) groups is 1. The lowest BCUT2D eigenvalue weighted by Gasteiger charge is -2.07. The van der Waals surface area contributed by atoms with Crippen molar-refractivity contribution in [2.75, 3.05) is 12.8 Å². The smallest absolute Gasteiger partial charge is 0.311 e. The summed E-state index contributed by atoms with van der Waals surface area (Å²) < 4.78 is 4.97. The van der Waals surface area contributed by atoms with Gasteiger partial charge in [-0.1, -0.05) is 17.7 Å². The van der Waals surface area contributed by atoms with Gasteiger partial charge in [-0.25, -0.2) is 0 Å². The molecule has 0 bridgehead atoms. The first-order valence-electron chi connectivity index (χ1n) is 6.00. The molecule has 0 saturated carbocycles. The molecule has 110 valence electrons. The molecule has 0 aliphatic carbocycles. The number of ether oxygens (including phenoxy) is 1. The molecule has 21 heavy (non-hydrogen) atoms. The number of halogens is 1. The molecule has 0 aliphatic rings. The zero-order chi connectivity index (χ0) is 15.4. The minimum atomic E-state index is -0.455. The Morgan fingerprint density at radius 2 is 2.10 bits per heavy atom. The van der Waals surface area contributed by atoms with Crippen molar-refractivity contribution in [2.45, 2.75) is 10.6 Å². The van der Waals surface area contributed by atoms with Crippen molar-refractivity contribution in [2.24, 2.45) is 0 Å². The molecule has 0 radical (unpaired) electrons. The second-order valence-corrected chi connectivity index (χ2v) is 5.69. The predicted molar refractivity (Wildman–Crippen MR) is 85.1 cm³/mol. The maximum atomic E-state index is 11.0. The normalized spacial score (nSPS) is 10.4. The molecule has 0 fully saturated rings. The van der Waals surface area contributed by atoms with E-state index >= 15 is 0 Å². The fraction of sp³-hybridized carbons (Fsp3) is 0.143. The molecule has 0 atom stereocenters. The van der Waals surface area contributed by atoms with E-state index < -0.39 is 4.92 Å². The highest BCUT2D eigenvalue weighted by molar-refractivity contribution is 7.98. The average Bonchev–Trinajstić information content (AvgIpc) is 2.46. The van der Waals surface area contributed by atoms with E-state index in [1.165, 1.54) is 24.9 Å². The third kappa shape index (κ3) is 3.80. The maximum absolute atomic E-state index is 11.0. The van der Waals surface area contributed by atoms with Gasteiger partial charge >= 0.3 is 5.69 Å². The van der Waals surface area contributed by atoms with E-state index in [4.69, 9.17) is 22.1 Å². The molecule has 0 spiro atoms. The second-order valence-electron chi connectivity index (χ2n) is 4.23. The monoisotopic (exact) mass is 324 g/mol. The van der Waals surface area contributed by atoms with E-state index in [1.54, 1.807) is 24.3 Å². The van der Waals surface area contributed by atoms with Crippen molar-refractivity contribution < 1.29 is 9.66 Å². The molecular weight excluding hydrogens is 312 g/mol. The number of anilines is 1. The molecule has 5 nitrogen and oxygen atoms in total. The molecule has 0 aromatic heterocycles. The molecule has 0 aliphatic heterocycles. The van der Waals surface area contributed by atoms with Crippen molar-refractivity contribution in [3.05, 3.63) is 57.1 Å². The molecule has 0 amide bonds. The minimum absolute atomic E-state index is 0.0420. The van der Waals surface area contributed by atoms with Gasteiger partial charge in [0.1, 0.15) is 0 Å². The van der Waals surface area contributed by atoms with Crippen LogP contribution in [0.25, 0.3) is 0 Å². The van der Waals surface area contributed by atoms with Crippen LogP contribution in [0.5, 0.6) is 5.75 Å². The largest absolute Gasteiger partial charge is 0.490 e. The van der Waals surface area contributed by atoms with E-state index in [-0.39, 0.29) is 11.4 Å². The van der Waals surface area contributed by atoms with Gasteiger partial charge in [-0.15, -0.1) is 11.8 Å². The first-order valence-corrected chi connectivity index (χ1v) is 7.36. The Kier molecular flexibility index (Phi) is 4.93. The van der Waals surface area contributed by atoms with Crippen LogP contribution in [0.15, 0.2) is 41.3 Å². The Bertz CT molecular complexity index is 679. The molecule has 0 saturated heterocycles. The summed E-state index contributed by atoms with van der Waals surface area (Å²) in [5.74, 6) is 0.816. The molecule has 2 aromatic carbocycles. The van der Waals surface area contributed by atoms with Crippen LogP contribution in [-0.2, 0) is 5.75 Å². The summed E-state index contributed by atoms with van der Waals surface area (Å²) in [5.41, 5.74) is 7.25. The van der Waals surface area contributed by atoms with Crippen molar-refractivity contribution in [1.29, 1.82) is 0 Å². The number of hydrogen-bond donors (Lipinski definition) is 1. The standard InChI is InChI=1S/C14H13ClN2O3S/c1-20-13-4-2-9(6-12(13)17(18)19)8-21-14-5-3-10(15)7-11(14)16/h2-7H,8,16H2,1H3. The summed E-state index contributed by atoms with van der Waals surface area (Å²) in [6.07, 6.45) is 0. The van der Waals surface area contributed by atoms with Crippen LogP contribution in [0.3, 0.4) is 0 Å². The van der Waals surface area contributed by atoms with E-state index in [1.807, 2.05) is 6.07 Å². The highest BCUT2D eigenvalue weighted by Gasteiger charge is 2.15. The van der Waals surface area contributed by atoms with Crippen molar-refractivity contribution >= 4 is 34.7 Å². The molecule has 0 heterocycles. The van der Waals surface area contributed by atoms with Gasteiger partial charge in [-0.3, -0.25) is 10.1 Å². The van der Waals surface area contributed by atoms with Crippen molar-refractivity contribution in [3.8, 4) is 5.75 Å². The van der Waals surface area contributed by atoms with Gasteiger partial charge < -0.3 is 10.5 Å². The summed E-state index contributed by atoms with van der Waals surface area (Å²) in [7, 11) is 1.41. The quantitative estimate of drug-likeness (QED) is 0.387. The van der Waals surface area contributed by atoms with Crippen LogP contribution in [0.2, 0.25) is 5.02 Å². The van der Waals surface area contributed by atoms with Crippen molar-refractivity contribution in [3.63, 3.8) is 0 Å². The third-order valence-corrected chi connectivity index (χ3v) is 4.20. The highest BCUT2D eigenvalue weighted by atomic mass is 35.5. The number of nitrogens with two attached hydrogens (primary N) is 1. The van der Waals surface area contributed by atoms with E-state index in [9.17, 15) is 10.1 Å². The second kappa shape index (κ2) is 6.69. The first-order chi connectivity index (χ1) is 10.0. The van der Waals surface area contributed by atoms with Gasteiger partial charge in [0, 0.05) is 27.4 Å². The predicted octanol–water partition coefficient (Wildman–Crippen LogP) is 4.13. The topological polar surface area (TPSA) is 78.4 Å². The number of benzene rings is 2. The Balaban J connectivity index is 2.16. The lowest BCUT2D eigenvalue weighted by atomic mass is 10.2. The zero-order valence-electron chi connectivity index (χ0n) is 11.2. The maximum Gasteiger partial charge on any atom is 0.311 e. The van der Waals surface area contributed by atoms with Crippen LogP contribution in [-0.4, -0.2) is 12.0 Å². The Labute approximate surface area is 131 Å². The number of nitrogens with zero attached hydrogens (tertiary/aromatic N) is 1. The highest BCUT2D eigenvalue weighted by Crippen LogP contribution is 2.33. The van der Waals surface area contributed by atoms with Gasteiger partial charge in [0.05, 0.1) is 12.0 Å². The Hall–Kier alpha value is -1.92. The number of nitrogen functional groups attached to an aromatic ring is 1. The number of hydrogen-bond acceptors (Lipinski definition) is 5. The van der Waals surface area contributed by atoms with Gasteiger partial charge in [0.15, 0.2) is 5.75 Å². The average molecular weight is 325 g/mol. The molecular formula is C14H13ClN2O3S. The fourth-order valence-electron chi connectivity index (χ4n) is 1.78. The summed E-state index contributed by atoms with van der Waals surface area (Å²) >= 11 is 7.34. The van der Waals surface area contributed by atoms with Crippen LogP contribution in [0, 0.1) is 10.1 Å². The first kappa shape index (κ1) is 15.5.